The van der Waals surface area contributed by atoms with E-state index < -0.39 is 42.1 Å². The van der Waals surface area contributed by atoms with Crippen LogP contribution in [0.5, 0.6) is 0 Å². The molecule has 0 aromatic heterocycles. The molecule has 9 atom stereocenters. The largest absolute Gasteiger partial charge is 0.460 e. The van der Waals surface area contributed by atoms with Crippen molar-refractivity contribution >= 4 is 11.8 Å². The molecule has 2 aliphatic heterocycles. The van der Waals surface area contributed by atoms with Crippen LogP contribution in [0.15, 0.2) is 47.6 Å². The molecule has 2 rings (SSSR count). The average Bonchev–Trinajstić information content (AvgIpc) is 3.61. The van der Waals surface area contributed by atoms with E-state index in [1.54, 1.807) is 19.9 Å². The van der Waals surface area contributed by atoms with Crippen LogP contribution in [0.25, 0.3) is 0 Å². The molecule has 5 unspecified atom stereocenters. The molecule has 0 saturated carbocycles. The van der Waals surface area contributed by atoms with Gasteiger partial charge < -0.3 is 29.9 Å². The summed E-state index contributed by atoms with van der Waals surface area (Å²) in [4.78, 5) is 24.8. The molecule has 8 heteroatoms. The van der Waals surface area contributed by atoms with Crippen molar-refractivity contribution in [2.75, 3.05) is 6.61 Å². The summed E-state index contributed by atoms with van der Waals surface area (Å²) in [6.45, 7) is 13.3. The number of aliphatic hydroxyl groups is 4. The van der Waals surface area contributed by atoms with Crippen LogP contribution in [0.2, 0.25) is 0 Å². The average molecular weight is 563 g/mol. The number of hydrogen-bond acceptors (Lipinski definition) is 8. The zero-order valence-electron chi connectivity index (χ0n) is 24.8. The van der Waals surface area contributed by atoms with E-state index in [1.807, 2.05) is 19.9 Å². The van der Waals surface area contributed by atoms with Gasteiger partial charge in [0, 0.05) is 12.0 Å². The van der Waals surface area contributed by atoms with E-state index >= 15 is 0 Å². The standard InChI is InChI=1S/C32H50O8/c1-19-12-20(2)14-29-28(40-29)11-9-7-8-10-21(3)32(38)39-18-26(34)16-24(6)30(36)31(37)27(35)17-25(33)15-23(5)22(4)13-19/h9-11,13,20,23-26,28-31,33-34,36-37H,1,7-8,12,14-18H2,2-6H3/b11-9+,21-10+,22-13+/t20?,23?,24?,25-,26-,28+,29+,30?,31?/m1/s1. The first kappa shape index (κ1) is 34.1. The summed E-state index contributed by atoms with van der Waals surface area (Å²) >= 11 is 0. The summed E-state index contributed by atoms with van der Waals surface area (Å²) < 4.78 is 11.0. The Kier molecular flexibility index (Phi) is 14.0. The fraction of sp³-hybridized carbons (Fsp3) is 0.688. The number of aliphatic hydroxyl groups excluding tert-OH is 4. The van der Waals surface area contributed by atoms with Gasteiger partial charge in [0.25, 0.3) is 0 Å². The Labute approximate surface area is 239 Å². The van der Waals surface area contributed by atoms with Gasteiger partial charge in [-0.25, -0.2) is 4.79 Å². The molecule has 40 heavy (non-hydrogen) atoms. The molecule has 2 aliphatic rings. The van der Waals surface area contributed by atoms with Crippen molar-refractivity contribution in [1.29, 1.82) is 0 Å². The van der Waals surface area contributed by atoms with Crippen LogP contribution < -0.4 is 0 Å². The number of cyclic esters (lactones) is 1. The van der Waals surface area contributed by atoms with Crippen LogP contribution in [0.4, 0.5) is 0 Å². The van der Waals surface area contributed by atoms with Crippen LogP contribution in [0.3, 0.4) is 0 Å². The Balaban J connectivity index is 2.08. The Morgan fingerprint density at radius 3 is 2.33 bits per heavy atom. The van der Waals surface area contributed by atoms with E-state index in [9.17, 15) is 30.0 Å². The maximum absolute atomic E-state index is 12.6. The Bertz CT molecular complexity index is 951. The number of ether oxygens (including phenoxy) is 2. The van der Waals surface area contributed by atoms with Crippen LogP contribution in [0.1, 0.15) is 79.6 Å². The number of Topliss-reactive ketones (excluding diaryl/α,β-unsaturated/α-hetero) is 1. The van der Waals surface area contributed by atoms with Crippen molar-refractivity contribution in [1.82, 2.24) is 0 Å². The minimum atomic E-state index is -1.69. The van der Waals surface area contributed by atoms with E-state index in [-0.39, 0.29) is 37.6 Å². The summed E-state index contributed by atoms with van der Waals surface area (Å²) in [5, 5.41) is 41.7. The van der Waals surface area contributed by atoms with E-state index in [0.717, 1.165) is 30.4 Å². The van der Waals surface area contributed by atoms with Gasteiger partial charge in [-0.3, -0.25) is 4.79 Å². The fourth-order valence-corrected chi connectivity index (χ4v) is 5.13. The molecule has 1 saturated heterocycles. The lowest BCUT2D eigenvalue weighted by Gasteiger charge is -2.26. The van der Waals surface area contributed by atoms with E-state index in [4.69, 9.17) is 9.47 Å². The van der Waals surface area contributed by atoms with Crippen molar-refractivity contribution in [2.24, 2.45) is 17.8 Å². The summed E-state index contributed by atoms with van der Waals surface area (Å²) in [7, 11) is 0. The number of esters is 1. The van der Waals surface area contributed by atoms with Gasteiger partial charge in [0.1, 0.15) is 18.8 Å². The third-order valence-corrected chi connectivity index (χ3v) is 7.86. The number of allylic oxidation sites excluding steroid dienone is 5. The molecule has 0 bridgehead atoms. The molecule has 0 radical (unpaired) electrons. The van der Waals surface area contributed by atoms with Gasteiger partial charge in [-0.15, -0.1) is 0 Å². The van der Waals surface area contributed by atoms with Crippen LogP contribution >= 0.6 is 0 Å². The minimum Gasteiger partial charge on any atom is -0.460 e. The molecule has 0 aromatic rings. The number of rotatable bonds is 0. The van der Waals surface area contributed by atoms with Crippen molar-refractivity contribution in [3.8, 4) is 0 Å². The Morgan fingerprint density at radius 2 is 1.62 bits per heavy atom. The first-order valence-corrected chi connectivity index (χ1v) is 14.5. The highest BCUT2D eigenvalue weighted by atomic mass is 16.6. The molecular formula is C32H50O8. The summed E-state index contributed by atoms with van der Waals surface area (Å²) in [6, 6.07) is 0. The van der Waals surface area contributed by atoms with Gasteiger partial charge >= 0.3 is 5.97 Å². The second-order valence-electron chi connectivity index (χ2n) is 12.0. The monoisotopic (exact) mass is 562 g/mol. The zero-order valence-corrected chi connectivity index (χ0v) is 24.8. The number of carbonyl (C=O) groups is 2. The van der Waals surface area contributed by atoms with Crippen molar-refractivity contribution in [2.45, 2.75) is 116 Å². The first-order valence-electron chi connectivity index (χ1n) is 14.5. The van der Waals surface area contributed by atoms with E-state index in [0.29, 0.717) is 24.3 Å². The van der Waals surface area contributed by atoms with Crippen LogP contribution in [0, 0.1) is 17.8 Å². The van der Waals surface area contributed by atoms with E-state index in [1.165, 1.54) is 0 Å². The SMILES string of the molecule is C=C1/C=C(\C)C(C)C[C@@H](O)CC(=O)C(O)C(O)C(C)C[C@@H](O)COC(=O)/C(C)=C/CC/C=C/[C@@H]2O[C@H]2CC(C)C1. The lowest BCUT2D eigenvalue weighted by atomic mass is 9.88. The molecule has 0 spiro atoms. The summed E-state index contributed by atoms with van der Waals surface area (Å²) in [6.07, 6.45) is 6.39. The molecule has 0 aliphatic carbocycles. The second kappa shape index (κ2) is 16.4. The minimum absolute atomic E-state index is 0.00393. The molecular weight excluding hydrogens is 512 g/mol. The predicted octanol–water partition coefficient (Wildman–Crippen LogP) is 3.97. The van der Waals surface area contributed by atoms with E-state index in [2.05, 4.69) is 25.7 Å². The number of fused-ring (bicyclic) bond motifs is 1. The second-order valence-corrected chi connectivity index (χ2v) is 12.0. The number of hydrogen-bond donors (Lipinski definition) is 4. The third-order valence-electron chi connectivity index (χ3n) is 7.86. The van der Waals surface area contributed by atoms with Gasteiger partial charge in [-0.1, -0.05) is 62.8 Å². The third kappa shape index (κ3) is 11.8. The molecule has 1 fully saturated rings. The van der Waals surface area contributed by atoms with Crippen molar-refractivity contribution < 1.29 is 39.5 Å². The summed E-state index contributed by atoms with van der Waals surface area (Å²) in [5.74, 6) is -1.45. The number of ketones is 1. The molecule has 226 valence electrons. The van der Waals surface area contributed by atoms with Crippen molar-refractivity contribution in [3.63, 3.8) is 0 Å². The maximum atomic E-state index is 12.6. The van der Waals surface area contributed by atoms with Gasteiger partial charge in [0.15, 0.2) is 5.78 Å². The van der Waals surface area contributed by atoms with Gasteiger partial charge in [0.05, 0.1) is 24.4 Å². The first-order chi connectivity index (χ1) is 18.8. The smallest absolute Gasteiger partial charge is 0.333 e. The lowest BCUT2D eigenvalue weighted by Crippen LogP contribution is -2.41. The van der Waals surface area contributed by atoms with Crippen LogP contribution in [-0.2, 0) is 19.1 Å². The fourth-order valence-electron chi connectivity index (χ4n) is 5.13. The Hall–Kier alpha value is -2.10. The molecule has 0 aromatic carbocycles. The molecule has 8 nitrogen and oxygen atoms in total. The lowest BCUT2D eigenvalue weighted by molar-refractivity contribution is -0.143. The highest BCUT2D eigenvalue weighted by Crippen LogP contribution is 2.32. The topological polar surface area (TPSA) is 137 Å². The van der Waals surface area contributed by atoms with Crippen LogP contribution in [-0.4, -0.2) is 75.4 Å². The maximum Gasteiger partial charge on any atom is 0.333 e. The zero-order chi connectivity index (χ0) is 30.0. The highest BCUT2D eigenvalue weighted by Gasteiger charge is 2.37. The normalized spacial score (nSPS) is 40.4. The molecule has 4 N–H and O–H groups in total. The number of epoxide rings is 1. The highest BCUT2D eigenvalue weighted by molar-refractivity contribution is 5.87. The summed E-state index contributed by atoms with van der Waals surface area (Å²) in [5.41, 5.74) is 2.50. The predicted molar refractivity (Wildman–Crippen MR) is 154 cm³/mol. The van der Waals surface area contributed by atoms with Gasteiger partial charge in [0.2, 0.25) is 0 Å². The Morgan fingerprint density at radius 1 is 0.925 bits per heavy atom. The quantitative estimate of drug-likeness (QED) is 0.198. The number of carbonyl (C=O) groups excluding carboxylic acids is 2. The van der Waals surface area contributed by atoms with Crippen molar-refractivity contribution in [3.05, 3.63) is 47.6 Å². The molecule has 0 amide bonds. The van der Waals surface area contributed by atoms with Gasteiger partial charge in [-0.2, -0.15) is 0 Å². The van der Waals surface area contributed by atoms with Gasteiger partial charge in [-0.05, 0) is 70.1 Å². The molecule has 2 heterocycles.